The lowest BCUT2D eigenvalue weighted by molar-refractivity contribution is 0.303. The number of hydrogen-bond acceptors (Lipinski definition) is 5. The van der Waals surface area contributed by atoms with Crippen molar-refractivity contribution in [3.05, 3.63) is 16.7 Å². The molecule has 1 heterocycles. The molecule has 0 saturated heterocycles. The molecule has 0 atom stereocenters. The fourth-order valence-corrected chi connectivity index (χ4v) is 1.60. The van der Waals surface area contributed by atoms with Crippen LogP contribution in [0.1, 0.15) is 20.3 Å². The summed E-state index contributed by atoms with van der Waals surface area (Å²) in [7, 11) is 0. The van der Waals surface area contributed by atoms with E-state index in [2.05, 4.69) is 34.0 Å². The van der Waals surface area contributed by atoms with E-state index in [1.165, 1.54) is 6.33 Å². The average molecular weight is 239 g/mol. The minimum Gasteiger partial charge on any atom is -0.391 e. The highest BCUT2D eigenvalue weighted by molar-refractivity contribution is 5.58. The van der Waals surface area contributed by atoms with Gasteiger partial charge in [0.05, 0.1) is 6.33 Å². The van der Waals surface area contributed by atoms with Gasteiger partial charge in [0, 0.05) is 6.54 Å². The predicted octanol–water partition coefficient (Wildman–Crippen LogP) is 0.496. The molecule has 0 amide bonds. The van der Waals surface area contributed by atoms with Gasteiger partial charge in [-0.2, -0.15) is 0 Å². The summed E-state index contributed by atoms with van der Waals surface area (Å²) in [5, 5.41) is 3.07. The van der Waals surface area contributed by atoms with Crippen molar-refractivity contribution in [2.24, 2.45) is 0 Å². The van der Waals surface area contributed by atoms with Gasteiger partial charge in [-0.25, -0.2) is 4.98 Å². The second-order valence-corrected chi connectivity index (χ2v) is 3.80. The quantitative estimate of drug-likeness (QED) is 0.603. The number of nitrogens with zero attached hydrogens (tertiary/aromatic N) is 2. The lowest BCUT2D eigenvalue weighted by atomic mass is 10.3. The van der Waals surface area contributed by atoms with Gasteiger partial charge in [-0.15, -0.1) is 0 Å². The molecule has 0 fully saturated rings. The van der Waals surface area contributed by atoms with Crippen LogP contribution in [-0.4, -0.2) is 41.0 Å². The number of nitrogens with two attached hydrogens (primary N) is 1. The zero-order chi connectivity index (χ0) is 12.7. The number of aromatic amines is 1. The monoisotopic (exact) mass is 239 g/mol. The van der Waals surface area contributed by atoms with Gasteiger partial charge in [0.2, 0.25) is 0 Å². The largest absolute Gasteiger partial charge is 0.391 e. The molecule has 0 radical (unpaired) electrons. The van der Waals surface area contributed by atoms with Crippen LogP contribution in [0.4, 0.5) is 11.5 Å². The molecule has 17 heavy (non-hydrogen) atoms. The van der Waals surface area contributed by atoms with Crippen LogP contribution in [0.2, 0.25) is 0 Å². The molecule has 96 valence electrons. The Balaban J connectivity index is 2.36. The lowest BCUT2D eigenvalue weighted by Gasteiger charge is -2.17. The molecule has 0 spiro atoms. The summed E-state index contributed by atoms with van der Waals surface area (Å²) < 4.78 is 0. The van der Waals surface area contributed by atoms with Crippen molar-refractivity contribution in [3.8, 4) is 0 Å². The fourth-order valence-electron chi connectivity index (χ4n) is 1.60. The molecule has 0 bridgehead atoms. The normalized spacial score (nSPS) is 10.8. The Kier molecular flexibility index (Phi) is 5.48. The van der Waals surface area contributed by atoms with Gasteiger partial charge < -0.3 is 20.9 Å². The van der Waals surface area contributed by atoms with Crippen LogP contribution < -0.4 is 16.6 Å². The Morgan fingerprint density at radius 3 is 2.82 bits per heavy atom. The third-order valence-electron chi connectivity index (χ3n) is 2.73. The van der Waals surface area contributed by atoms with Crippen molar-refractivity contribution >= 4 is 11.5 Å². The van der Waals surface area contributed by atoms with Gasteiger partial charge in [0.25, 0.3) is 5.56 Å². The first-order valence-electron chi connectivity index (χ1n) is 5.98. The van der Waals surface area contributed by atoms with Gasteiger partial charge in [0.15, 0.2) is 5.82 Å². The van der Waals surface area contributed by atoms with E-state index in [1.54, 1.807) is 0 Å². The lowest BCUT2D eigenvalue weighted by Crippen LogP contribution is -2.26. The van der Waals surface area contributed by atoms with Crippen molar-refractivity contribution in [1.82, 2.24) is 14.9 Å². The van der Waals surface area contributed by atoms with E-state index < -0.39 is 0 Å². The number of nitrogen functional groups attached to an aromatic ring is 1. The van der Waals surface area contributed by atoms with E-state index in [4.69, 9.17) is 5.73 Å². The second kappa shape index (κ2) is 6.90. The SMILES string of the molecule is CCN(CC)CCCNc1nc[nH]c(=O)c1N. The van der Waals surface area contributed by atoms with E-state index >= 15 is 0 Å². The zero-order valence-electron chi connectivity index (χ0n) is 10.5. The topological polar surface area (TPSA) is 87.0 Å². The summed E-state index contributed by atoms with van der Waals surface area (Å²) in [4.78, 5) is 20.0. The molecular weight excluding hydrogens is 218 g/mol. The summed E-state index contributed by atoms with van der Waals surface area (Å²) in [6.45, 7) is 8.20. The number of nitrogens with one attached hydrogen (secondary N) is 2. The van der Waals surface area contributed by atoms with Gasteiger partial charge in [-0.05, 0) is 26.1 Å². The van der Waals surface area contributed by atoms with Crippen molar-refractivity contribution < 1.29 is 0 Å². The van der Waals surface area contributed by atoms with Gasteiger partial charge in [0.1, 0.15) is 5.69 Å². The maximum atomic E-state index is 11.2. The molecule has 0 aliphatic rings. The second-order valence-electron chi connectivity index (χ2n) is 3.80. The van der Waals surface area contributed by atoms with Crippen molar-refractivity contribution in [3.63, 3.8) is 0 Å². The highest BCUT2D eigenvalue weighted by Crippen LogP contribution is 2.06. The van der Waals surface area contributed by atoms with Crippen molar-refractivity contribution in [2.45, 2.75) is 20.3 Å². The Bertz CT molecular complexity index is 386. The molecule has 6 nitrogen and oxygen atoms in total. The smallest absolute Gasteiger partial charge is 0.276 e. The summed E-state index contributed by atoms with van der Waals surface area (Å²) in [6.07, 6.45) is 2.35. The third-order valence-corrected chi connectivity index (χ3v) is 2.73. The van der Waals surface area contributed by atoms with Crippen LogP contribution >= 0.6 is 0 Å². The van der Waals surface area contributed by atoms with Crippen molar-refractivity contribution in [2.75, 3.05) is 37.2 Å². The molecule has 0 aliphatic heterocycles. The molecule has 1 aromatic heterocycles. The summed E-state index contributed by atoms with van der Waals surface area (Å²) >= 11 is 0. The van der Waals surface area contributed by atoms with E-state index in [1.807, 2.05) is 0 Å². The van der Waals surface area contributed by atoms with Crippen LogP contribution in [0.3, 0.4) is 0 Å². The molecule has 6 heteroatoms. The highest BCUT2D eigenvalue weighted by atomic mass is 16.1. The molecule has 4 N–H and O–H groups in total. The van der Waals surface area contributed by atoms with Crippen LogP contribution in [0.15, 0.2) is 11.1 Å². The Labute approximate surface area is 101 Å². The van der Waals surface area contributed by atoms with Gasteiger partial charge >= 0.3 is 0 Å². The average Bonchev–Trinajstić information content (AvgIpc) is 2.34. The third kappa shape index (κ3) is 4.07. The van der Waals surface area contributed by atoms with Crippen LogP contribution in [0, 0.1) is 0 Å². The van der Waals surface area contributed by atoms with E-state index in [-0.39, 0.29) is 11.2 Å². The molecule has 1 rings (SSSR count). The number of aromatic nitrogens is 2. The maximum absolute atomic E-state index is 11.2. The number of H-pyrrole nitrogens is 1. The summed E-state index contributed by atoms with van der Waals surface area (Å²) in [5.74, 6) is 0.466. The summed E-state index contributed by atoms with van der Waals surface area (Å²) in [5.41, 5.74) is 5.45. The minimum absolute atomic E-state index is 0.148. The Hall–Kier alpha value is -1.56. The maximum Gasteiger partial charge on any atom is 0.276 e. The minimum atomic E-state index is -0.300. The first-order valence-corrected chi connectivity index (χ1v) is 5.98. The van der Waals surface area contributed by atoms with E-state index in [0.29, 0.717) is 5.82 Å². The summed E-state index contributed by atoms with van der Waals surface area (Å²) in [6, 6.07) is 0. The zero-order valence-corrected chi connectivity index (χ0v) is 10.5. The molecule has 0 saturated carbocycles. The number of hydrogen-bond donors (Lipinski definition) is 3. The molecule has 1 aromatic rings. The first-order chi connectivity index (χ1) is 8.19. The van der Waals surface area contributed by atoms with Gasteiger partial charge in [-0.3, -0.25) is 4.79 Å². The predicted molar refractivity (Wildman–Crippen MR) is 70.2 cm³/mol. The van der Waals surface area contributed by atoms with E-state index in [9.17, 15) is 4.79 Å². The van der Waals surface area contributed by atoms with E-state index in [0.717, 1.165) is 32.6 Å². The number of rotatable bonds is 7. The van der Waals surface area contributed by atoms with Crippen LogP contribution in [0.5, 0.6) is 0 Å². The molecule has 0 aliphatic carbocycles. The molecule has 0 aromatic carbocycles. The number of anilines is 2. The molecular formula is C11H21N5O. The Morgan fingerprint density at radius 1 is 1.47 bits per heavy atom. The van der Waals surface area contributed by atoms with Gasteiger partial charge in [-0.1, -0.05) is 13.8 Å². The highest BCUT2D eigenvalue weighted by Gasteiger charge is 2.03. The molecule has 0 unspecified atom stereocenters. The van der Waals surface area contributed by atoms with Crippen molar-refractivity contribution in [1.29, 1.82) is 0 Å². The first kappa shape index (κ1) is 13.5. The standard InChI is InChI=1S/C11H21N5O/c1-3-16(4-2)7-5-6-13-10-9(12)11(17)15-8-14-10/h8H,3-7,12H2,1-2H3,(H2,13,14,15,17). The van der Waals surface area contributed by atoms with Crippen LogP contribution in [0.25, 0.3) is 0 Å². The fraction of sp³-hybridized carbons (Fsp3) is 0.636. The van der Waals surface area contributed by atoms with Crippen LogP contribution in [-0.2, 0) is 0 Å². The Morgan fingerprint density at radius 2 is 2.18 bits per heavy atom.